The Morgan fingerprint density at radius 1 is 1.23 bits per heavy atom. The number of hydrogen-bond acceptors (Lipinski definition) is 3. The van der Waals surface area contributed by atoms with E-state index in [-0.39, 0.29) is 11.8 Å². The van der Waals surface area contributed by atoms with E-state index in [1.807, 2.05) is 18.2 Å². The molecule has 1 fully saturated rings. The molecule has 2 amide bonds. The molecular weight excluding hydrogens is 280 g/mol. The largest absolute Gasteiger partial charge is 0.465 e. The lowest BCUT2D eigenvalue weighted by Gasteiger charge is -2.19. The highest BCUT2D eigenvalue weighted by molar-refractivity contribution is 6.06. The molecule has 1 aromatic heterocycles. The minimum Gasteiger partial charge on any atom is -0.465 e. The van der Waals surface area contributed by atoms with Crippen LogP contribution in [0, 0.1) is 0 Å². The molecule has 5 heteroatoms. The van der Waals surface area contributed by atoms with Gasteiger partial charge in [-0.25, -0.2) is 0 Å². The summed E-state index contributed by atoms with van der Waals surface area (Å²) in [4.78, 5) is 25.6. The van der Waals surface area contributed by atoms with Gasteiger partial charge < -0.3 is 14.6 Å². The fourth-order valence-corrected chi connectivity index (χ4v) is 2.44. The third-order valence-electron chi connectivity index (χ3n) is 3.47. The van der Waals surface area contributed by atoms with Crippen LogP contribution in [-0.2, 0) is 9.59 Å². The zero-order valence-corrected chi connectivity index (χ0v) is 12.0. The SMILES string of the molecule is O=C(/C=C/c1ccco1)Nc1ccccc1N1CCCC1=O. The topological polar surface area (TPSA) is 62.6 Å². The molecule has 0 saturated carbocycles. The monoisotopic (exact) mass is 296 g/mol. The van der Waals surface area contributed by atoms with E-state index in [2.05, 4.69) is 5.32 Å². The van der Waals surface area contributed by atoms with Gasteiger partial charge in [0.1, 0.15) is 5.76 Å². The summed E-state index contributed by atoms with van der Waals surface area (Å²) < 4.78 is 5.13. The summed E-state index contributed by atoms with van der Waals surface area (Å²) >= 11 is 0. The van der Waals surface area contributed by atoms with E-state index in [0.717, 1.165) is 12.1 Å². The van der Waals surface area contributed by atoms with Crippen molar-refractivity contribution in [3.05, 3.63) is 54.5 Å². The first-order valence-corrected chi connectivity index (χ1v) is 7.16. The van der Waals surface area contributed by atoms with E-state index in [0.29, 0.717) is 24.4 Å². The normalized spacial score (nSPS) is 14.7. The van der Waals surface area contributed by atoms with E-state index in [4.69, 9.17) is 4.42 Å². The molecule has 1 aliphatic rings. The van der Waals surface area contributed by atoms with Crippen LogP contribution in [-0.4, -0.2) is 18.4 Å². The molecule has 112 valence electrons. The average molecular weight is 296 g/mol. The Labute approximate surface area is 128 Å². The number of hydrogen-bond donors (Lipinski definition) is 1. The van der Waals surface area contributed by atoms with Crippen LogP contribution >= 0.6 is 0 Å². The van der Waals surface area contributed by atoms with Crippen molar-refractivity contribution in [1.29, 1.82) is 0 Å². The summed E-state index contributed by atoms with van der Waals surface area (Å²) in [5, 5.41) is 2.81. The van der Waals surface area contributed by atoms with Crippen LogP contribution in [0.25, 0.3) is 6.08 Å². The fourth-order valence-electron chi connectivity index (χ4n) is 2.44. The Morgan fingerprint density at radius 2 is 2.09 bits per heavy atom. The molecule has 2 aromatic rings. The molecule has 0 atom stereocenters. The average Bonchev–Trinajstić information content (AvgIpc) is 3.17. The van der Waals surface area contributed by atoms with Gasteiger partial charge in [-0.2, -0.15) is 0 Å². The highest BCUT2D eigenvalue weighted by Crippen LogP contribution is 2.29. The Morgan fingerprint density at radius 3 is 2.82 bits per heavy atom. The Bertz CT molecular complexity index is 704. The summed E-state index contributed by atoms with van der Waals surface area (Å²) in [6.45, 7) is 0.688. The number of para-hydroxylation sites is 2. The number of carbonyl (C=O) groups is 2. The predicted octanol–water partition coefficient (Wildman–Crippen LogP) is 3.06. The molecule has 1 aliphatic heterocycles. The number of anilines is 2. The minimum absolute atomic E-state index is 0.0906. The van der Waals surface area contributed by atoms with Crippen molar-refractivity contribution in [2.75, 3.05) is 16.8 Å². The van der Waals surface area contributed by atoms with Crippen molar-refractivity contribution in [3.8, 4) is 0 Å². The van der Waals surface area contributed by atoms with Crippen molar-refractivity contribution in [2.24, 2.45) is 0 Å². The van der Waals surface area contributed by atoms with Gasteiger partial charge in [0.2, 0.25) is 11.8 Å². The summed E-state index contributed by atoms with van der Waals surface area (Å²) in [5.41, 5.74) is 1.37. The standard InChI is InChI=1S/C17H16N2O3/c20-16(10-9-13-5-4-12-22-13)18-14-6-1-2-7-15(14)19-11-3-8-17(19)21/h1-2,4-7,9-10,12H,3,8,11H2,(H,18,20)/b10-9+. The number of benzene rings is 1. The first-order chi connectivity index (χ1) is 10.7. The fraction of sp³-hybridized carbons (Fsp3) is 0.176. The van der Waals surface area contributed by atoms with Crippen LogP contribution in [0.1, 0.15) is 18.6 Å². The highest BCUT2D eigenvalue weighted by Gasteiger charge is 2.23. The zero-order chi connectivity index (χ0) is 15.4. The van der Waals surface area contributed by atoms with E-state index >= 15 is 0 Å². The summed E-state index contributed by atoms with van der Waals surface area (Å²) in [7, 11) is 0. The first kappa shape index (κ1) is 14.1. The summed E-state index contributed by atoms with van der Waals surface area (Å²) in [5.74, 6) is 0.432. The smallest absolute Gasteiger partial charge is 0.248 e. The maximum Gasteiger partial charge on any atom is 0.248 e. The Hall–Kier alpha value is -2.82. The van der Waals surface area contributed by atoms with Crippen molar-refractivity contribution in [1.82, 2.24) is 0 Å². The van der Waals surface area contributed by atoms with Crippen LogP contribution in [0.4, 0.5) is 11.4 Å². The molecule has 0 aliphatic carbocycles. The van der Waals surface area contributed by atoms with Gasteiger partial charge in [0.05, 0.1) is 17.6 Å². The molecule has 3 rings (SSSR count). The Kier molecular flexibility index (Phi) is 4.05. The van der Waals surface area contributed by atoms with Gasteiger partial charge in [-0.15, -0.1) is 0 Å². The number of furan rings is 1. The number of rotatable bonds is 4. The molecule has 1 N–H and O–H groups in total. The van der Waals surface area contributed by atoms with E-state index < -0.39 is 0 Å². The van der Waals surface area contributed by atoms with Gasteiger partial charge in [-0.1, -0.05) is 12.1 Å². The van der Waals surface area contributed by atoms with Crippen LogP contribution in [0.15, 0.2) is 53.2 Å². The molecule has 0 radical (unpaired) electrons. The molecule has 1 saturated heterocycles. The van der Waals surface area contributed by atoms with Crippen LogP contribution in [0.5, 0.6) is 0 Å². The van der Waals surface area contributed by atoms with Gasteiger partial charge in [0.15, 0.2) is 0 Å². The van der Waals surface area contributed by atoms with Crippen molar-refractivity contribution in [3.63, 3.8) is 0 Å². The van der Waals surface area contributed by atoms with Gasteiger partial charge in [0.25, 0.3) is 0 Å². The maximum absolute atomic E-state index is 12.0. The maximum atomic E-state index is 12.0. The second kappa shape index (κ2) is 6.30. The Balaban J connectivity index is 1.75. The molecule has 0 spiro atoms. The molecule has 2 heterocycles. The van der Waals surface area contributed by atoms with E-state index in [1.54, 1.807) is 35.4 Å². The molecular formula is C17H16N2O3. The van der Waals surface area contributed by atoms with Crippen molar-refractivity contribution < 1.29 is 14.0 Å². The number of nitrogens with one attached hydrogen (secondary N) is 1. The lowest BCUT2D eigenvalue weighted by molar-refractivity contribution is -0.117. The molecule has 0 unspecified atom stereocenters. The number of carbonyl (C=O) groups excluding carboxylic acids is 2. The highest BCUT2D eigenvalue weighted by atomic mass is 16.3. The predicted molar refractivity (Wildman–Crippen MR) is 84.4 cm³/mol. The first-order valence-electron chi connectivity index (χ1n) is 7.16. The molecule has 22 heavy (non-hydrogen) atoms. The lowest BCUT2D eigenvalue weighted by Crippen LogP contribution is -2.25. The third kappa shape index (κ3) is 3.09. The van der Waals surface area contributed by atoms with E-state index in [1.165, 1.54) is 6.08 Å². The van der Waals surface area contributed by atoms with Crippen molar-refractivity contribution in [2.45, 2.75) is 12.8 Å². The van der Waals surface area contributed by atoms with Crippen LogP contribution in [0.2, 0.25) is 0 Å². The summed E-state index contributed by atoms with van der Waals surface area (Å²) in [6, 6.07) is 10.8. The molecule has 1 aromatic carbocycles. The van der Waals surface area contributed by atoms with Crippen LogP contribution in [0.3, 0.4) is 0 Å². The van der Waals surface area contributed by atoms with Crippen LogP contribution < -0.4 is 10.2 Å². The second-order valence-corrected chi connectivity index (χ2v) is 5.00. The number of amides is 2. The lowest BCUT2D eigenvalue weighted by atomic mass is 10.2. The quantitative estimate of drug-likeness (QED) is 0.882. The second-order valence-electron chi connectivity index (χ2n) is 5.00. The number of nitrogens with zero attached hydrogens (tertiary/aromatic N) is 1. The van der Waals surface area contributed by atoms with Gasteiger partial charge >= 0.3 is 0 Å². The van der Waals surface area contributed by atoms with Gasteiger partial charge in [-0.3, -0.25) is 9.59 Å². The zero-order valence-electron chi connectivity index (χ0n) is 12.0. The third-order valence-corrected chi connectivity index (χ3v) is 3.47. The van der Waals surface area contributed by atoms with E-state index in [9.17, 15) is 9.59 Å². The molecule has 5 nitrogen and oxygen atoms in total. The van der Waals surface area contributed by atoms with Gasteiger partial charge in [-0.05, 0) is 36.8 Å². The minimum atomic E-state index is -0.268. The van der Waals surface area contributed by atoms with Crippen molar-refractivity contribution >= 4 is 29.3 Å². The molecule has 0 bridgehead atoms. The van der Waals surface area contributed by atoms with Gasteiger partial charge in [0, 0.05) is 19.0 Å². The summed E-state index contributed by atoms with van der Waals surface area (Å²) in [6.07, 6.45) is 5.95.